The number of fused-ring (bicyclic) bond motifs is 4. The van der Waals surface area contributed by atoms with Crippen LogP contribution in [0, 0.1) is 0 Å². The van der Waals surface area contributed by atoms with Gasteiger partial charge in [0.25, 0.3) is 5.91 Å². The molecule has 0 aliphatic carbocycles. The van der Waals surface area contributed by atoms with Gasteiger partial charge in [0.15, 0.2) is 10.8 Å². The SMILES string of the molecule is O=C(CSc1nc2ccccc2[nH]1)N1CCN2C(=O)c3ccccc3C12c1ccc(Cl)cc1. The molecule has 0 saturated carbocycles. The van der Waals surface area contributed by atoms with Gasteiger partial charge in [0.1, 0.15) is 0 Å². The first kappa shape index (κ1) is 20.3. The molecule has 1 aromatic heterocycles. The zero-order valence-corrected chi connectivity index (χ0v) is 19.1. The molecule has 3 aromatic carbocycles. The third kappa shape index (κ3) is 2.99. The van der Waals surface area contributed by atoms with Gasteiger partial charge in [-0.2, -0.15) is 0 Å². The number of halogens is 1. The second kappa shape index (κ2) is 7.64. The molecule has 1 saturated heterocycles. The fourth-order valence-electron chi connectivity index (χ4n) is 4.99. The molecule has 2 aliphatic rings. The number of rotatable bonds is 4. The van der Waals surface area contributed by atoms with Gasteiger partial charge in [-0.3, -0.25) is 9.59 Å². The van der Waals surface area contributed by atoms with Crippen molar-refractivity contribution in [3.05, 3.63) is 94.5 Å². The number of imidazole rings is 1. The van der Waals surface area contributed by atoms with Gasteiger partial charge >= 0.3 is 0 Å². The van der Waals surface area contributed by atoms with Gasteiger partial charge in [0.2, 0.25) is 5.91 Å². The van der Waals surface area contributed by atoms with E-state index in [1.807, 2.05) is 70.5 Å². The van der Waals surface area contributed by atoms with Gasteiger partial charge in [-0.25, -0.2) is 4.98 Å². The van der Waals surface area contributed by atoms with E-state index in [-0.39, 0.29) is 17.6 Å². The summed E-state index contributed by atoms with van der Waals surface area (Å²) in [6, 6.07) is 22.8. The van der Waals surface area contributed by atoms with Crippen LogP contribution in [-0.2, 0) is 10.5 Å². The predicted molar refractivity (Wildman–Crippen MR) is 128 cm³/mol. The van der Waals surface area contributed by atoms with E-state index in [0.717, 1.165) is 22.2 Å². The Kier molecular flexibility index (Phi) is 4.71. The van der Waals surface area contributed by atoms with Gasteiger partial charge in [-0.1, -0.05) is 65.8 Å². The lowest BCUT2D eigenvalue weighted by atomic mass is 9.90. The molecule has 6 nitrogen and oxygen atoms in total. The summed E-state index contributed by atoms with van der Waals surface area (Å²) in [7, 11) is 0. The first-order valence-electron chi connectivity index (χ1n) is 10.6. The quantitative estimate of drug-likeness (QED) is 0.442. The molecular formula is C25H19ClN4O2S. The minimum absolute atomic E-state index is 0.0533. The Hall–Kier alpha value is -3.29. The van der Waals surface area contributed by atoms with Crippen molar-refractivity contribution in [3.8, 4) is 0 Å². The van der Waals surface area contributed by atoms with Crippen molar-refractivity contribution in [3.63, 3.8) is 0 Å². The highest BCUT2D eigenvalue weighted by molar-refractivity contribution is 7.99. The summed E-state index contributed by atoms with van der Waals surface area (Å²) in [5, 5.41) is 1.31. The van der Waals surface area contributed by atoms with Crippen LogP contribution in [0.15, 0.2) is 78.0 Å². The highest BCUT2D eigenvalue weighted by Gasteiger charge is 2.59. The molecule has 0 bridgehead atoms. The Labute approximate surface area is 199 Å². The average molecular weight is 475 g/mol. The van der Waals surface area contributed by atoms with E-state index in [0.29, 0.717) is 28.8 Å². The van der Waals surface area contributed by atoms with Crippen LogP contribution in [-0.4, -0.2) is 50.4 Å². The van der Waals surface area contributed by atoms with Gasteiger partial charge < -0.3 is 14.8 Å². The van der Waals surface area contributed by atoms with E-state index in [1.165, 1.54) is 11.8 Å². The molecule has 1 atom stereocenters. The molecule has 164 valence electrons. The molecule has 6 rings (SSSR count). The third-order valence-electron chi connectivity index (χ3n) is 6.35. The van der Waals surface area contributed by atoms with E-state index < -0.39 is 5.66 Å². The normalized spacial score (nSPS) is 19.2. The zero-order chi connectivity index (χ0) is 22.6. The fourth-order valence-corrected chi connectivity index (χ4v) is 5.88. The number of nitrogens with one attached hydrogen (secondary N) is 1. The van der Waals surface area contributed by atoms with E-state index >= 15 is 0 Å². The number of benzene rings is 3. The standard InChI is InChI=1S/C25H19ClN4O2S/c26-17-11-9-16(10-12-17)25-19-6-2-1-5-18(19)23(32)30(25)14-13-29(25)22(31)15-33-24-27-20-7-3-4-8-21(20)28-24/h1-12H,13-15H2,(H,27,28). The van der Waals surface area contributed by atoms with Crippen molar-refractivity contribution in [1.82, 2.24) is 19.8 Å². The first-order chi connectivity index (χ1) is 16.1. The number of para-hydroxylation sites is 2. The average Bonchev–Trinajstić information content (AvgIpc) is 3.50. The summed E-state index contributed by atoms with van der Waals surface area (Å²) in [6.07, 6.45) is 0. The summed E-state index contributed by atoms with van der Waals surface area (Å²) < 4.78 is 0. The topological polar surface area (TPSA) is 69.3 Å². The van der Waals surface area contributed by atoms with Crippen molar-refractivity contribution in [2.45, 2.75) is 10.8 Å². The molecule has 1 unspecified atom stereocenters. The maximum absolute atomic E-state index is 13.6. The molecule has 33 heavy (non-hydrogen) atoms. The van der Waals surface area contributed by atoms with Crippen LogP contribution in [0.3, 0.4) is 0 Å². The summed E-state index contributed by atoms with van der Waals surface area (Å²) in [6.45, 7) is 0.930. The number of amides is 2. The maximum Gasteiger partial charge on any atom is 0.256 e. The second-order valence-corrected chi connectivity index (χ2v) is 9.48. The molecule has 2 amide bonds. The van der Waals surface area contributed by atoms with Crippen LogP contribution in [0.4, 0.5) is 0 Å². The van der Waals surface area contributed by atoms with Crippen LogP contribution in [0.2, 0.25) is 5.02 Å². The van der Waals surface area contributed by atoms with Crippen LogP contribution < -0.4 is 0 Å². The van der Waals surface area contributed by atoms with Gasteiger partial charge in [-0.05, 0) is 30.3 Å². The fraction of sp³-hybridized carbons (Fsp3) is 0.160. The Balaban J connectivity index is 1.38. The van der Waals surface area contributed by atoms with Crippen molar-refractivity contribution in [2.75, 3.05) is 18.8 Å². The number of hydrogen-bond acceptors (Lipinski definition) is 4. The second-order valence-electron chi connectivity index (χ2n) is 8.07. The monoisotopic (exact) mass is 474 g/mol. The first-order valence-corrected chi connectivity index (χ1v) is 12.0. The van der Waals surface area contributed by atoms with Crippen LogP contribution in [0.25, 0.3) is 11.0 Å². The molecule has 1 fully saturated rings. The zero-order valence-electron chi connectivity index (χ0n) is 17.5. The number of hydrogen-bond donors (Lipinski definition) is 1. The minimum Gasteiger partial charge on any atom is -0.333 e. The largest absolute Gasteiger partial charge is 0.333 e. The number of thioether (sulfide) groups is 1. The highest BCUT2D eigenvalue weighted by Crippen LogP contribution is 2.49. The number of carbonyl (C=O) groups is 2. The smallest absolute Gasteiger partial charge is 0.256 e. The molecule has 0 radical (unpaired) electrons. The van der Waals surface area contributed by atoms with E-state index in [4.69, 9.17) is 11.6 Å². The van der Waals surface area contributed by atoms with Gasteiger partial charge in [0, 0.05) is 34.8 Å². The van der Waals surface area contributed by atoms with E-state index in [9.17, 15) is 9.59 Å². The number of carbonyl (C=O) groups excluding carboxylic acids is 2. The summed E-state index contributed by atoms with van der Waals surface area (Å²) in [5.74, 6) is 0.0995. The lowest BCUT2D eigenvalue weighted by molar-refractivity contribution is -0.133. The van der Waals surface area contributed by atoms with E-state index in [1.54, 1.807) is 12.1 Å². The predicted octanol–water partition coefficient (Wildman–Crippen LogP) is 4.51. The van der Waals surface area contributed by atoms with Gasteiger partial charge in [-0.15, -0.1) is 0 Å². The maximum atomic E-state index is 13.6. The van der Waals surface area contributed by atoms with Crippen molar-refractivity contribution in [2.24, 2.45) is 0 Å². The van der Waals surface area contributed by atoms with Gasteiger partial charge in [0.05, 0.1) is 16.8 Å². The molecule has 1 N–H and O–H groups in total. The van der Waals surface area contributed by atoms with E-state index in [2.05, 4.69) is 9.97 Å². The van der Waals surface area contributed by atoms with Crippen LogP contribution >= 0.6 is 23.4 Å². The summed E-state index contributed by atoms with van der Waals surface area (Å²) in [4.78, 5) is 38.4. The van der Waals surface area contributed by atoms with Crippen molar-refractivity contribution >= 4 is 46.2 Å². The molecule has 0 spiro atoms. The number of H-pyrrole nitrogens is 1. The number of aromatic nitrogens is 2. The molecule has 8 heteroatoms. The molecular weight excluding hydrogens is 456 g/mol. The minimum atomic E-state index is -0.968. The Morgan fingerprint density at radius 3 is 2.61 bits per heavy atom. The molecule has 2 aliphatic heterocycles. The Bertz CT molecular complexity index is 1370. The van der Waals surface area contributed by atoms with Crippen LogP contribution in [0.1, 0.15) is 21.5 Å². The summed E-state index contributed by atoms with van der Waals surface area (Å²) >= 11 is 7.53. The molecule has 3 heterocycles. The van der Waals surface area contributed by atoms with Crippen LogP contribution in [0.5, 0.6) is 0 Å². The summed E-state index contributed by atoms with van der Waals surface area (Å²) in [5.41, 5.74) is 3.15. The number of aromatic amines is 1. The molecule has 4 aromatic rings. The lowest BCUT2D eigenvalue weighted by Crippen LogP contribution is -2.52. The highest BCUT2D eigenvalue weighted by atomic mass is 35.5. The third-order valence-corrected chi connectivity index (χ3v) is 7.46. The Morgan fingerprint density at radius 2 is 1.79 bits per heavy atom. The lowest BCUT2D eigenvalue weighted by Gasteiger charge is -2.40. The Morgan fingerprint density at radius 1 is 1.03 bits per heavy atom. The van der Waals surface area contributed by atoms with Crippen molar-refractivity contribution in [1.29, 1.82) is 0 Å². The number of nitrogens with zero attached hydrogens (tertiary/aromatic N) is 3. The van der Waals surface area contributed by atoms with Crippen molar-refractivity contribution < 1.29 is 9.59 Å².